The fraction of sp³-hybridized carbons (Fsp3) is 0.917. The van der Waals surface area contributed by atoms with Crippen molar-refractivity contribution >= 4 is 5.91 Å². The topological polar surface area (TPSA) is 46.3 Å². The summed E-state index contributed by atoms with van der Waals surface area (Å²) in [6, 6.07) is 0.215. The van der Waals surface area contributed by atoms with Crippen molar-refractivity contribution in [2.24, 2.45) is 17.6 Å². The molecule has 2 N–H and O–H groups in total. The molecule has 0 aliphatic heterocycles. The highest BCUT2D eigenvalue weighted by atomic mass is 16.2. The number of hydrogen-bond acceptors (Lipinski definition) is 2. The average molecular weight is 210 g/mol. The van der Waals surface area contributed by atoms with Crippen LogP contribution in [0.3, 0.4) is 0 Å². The Morgan fingerprint density at radius 3 is 2.33 bits per heavy atom. The molecule has 1 amide bonds. The number of nitrogens with two attached hydrogens (primary N) is 1. The van der Waals surface area contributed by atoms with Gasteiger partial charge in [-0.2, -0.15) is 0 Å². The van der Waals surface area contributed by atoms with Crippen LogP contribution in [0, 0.1) is 11.8 Å². The summed E-state index contributed by atoms with van der Waals surface area (Å²) in [5, 5.41) is 0. The van der Waals surface area contributed by atoms with Crippen molar-refractivity contribution in [2.75, 3.05) is 6.54 Å². The highest BCUT2D eigenvalue weighted by Crippen LogP contribution is 2.35. The smallest absolute Gasteiger partial charge is 0.240 e. The number of hydrogen-bond donors (Lipinski definition) is 1. The minimum atomic E-state index is -0.302. The van der Waals surface area contributed by atoms with Gasteiger partial charge in [0.2, 0.25) is 5.91 Å². The molecule has 0 aromatic rings. The van der Waals surface area contributed by atoms with Crippen molar-refractivity contribution in [2.45, 2.75) is 51.6 Å². The number of nitrogens with zero attached hydrogens (tertiary/aromatic N) is 1. The second kappa shape index (κ2) is 4.12. The predicted molar refractivity (Wildman–Crippen MR) is 60.3 cm³/mol. The maximum Gasteiger partial charge on any atom is 0.240 e. The van der Waals surface area contributed by atoms with Crippen LogP contribution in [0.5, 0.6) is 0 Å². The third-order valence-electron chi connectivity index (χ3n) is 3.43. The van der Waals surface area contributed by atoms with Crippen LogP contribution in [0.15, 0.2) is 0 Å². The van der Waals surface area contributed by atoms with Crippen LogP contribution in [0.2, 0.25) is 0 Å². The molecule has 15 heavy (non-hydrogen) atoms. The predicted octanol–water partition coefficient (Wildman–Crippen LogP) is 1.37. The number of rotatable bonds is 5. The Kier molecular flexibility index (Phi) is 3.01. The molecular weight excluding hydrogens is 188 g/mol. The van der Waals surface area contributed by atoms with E-state index in [0.717, 1.165) is 12.5 Å². The molecule has 1 atom stereocenters. The van der Waals surface area contributed by atoms with Gasteiger partial charge < -0.3 is 10.6 Å². The summed E-state index contributed by atoms with van der Waals surface area (Å²) in [6.45, 7) is 5.00. The SMILES string of the molecule is CC(C)[C@@H](N)C(=O)N(CC1CC1)C1CC1. The monoisotopic (exact) mass is 210 g/mol. The van der Waals surface area contributed by atoms with Crippen LogP contribution < -0.4 is 5.73 Å². The molecule has 2 fully saturated rings. The second-order valence-electron chi connectivity index (χ2n) is 5.43. The summed E-state index contributed by atoms with van der Waals surface area (Å²) < 4.78 is 0. The first-order valence-corrected chi connectivity index (χ1v) is 6.15. The van der Waals surface area contributed by atoms with Gasteiger partial charge >= 0.3 is 0 Å². The molecule has 3 heteroatoms. The summed E-state index contributed by atoms with van der Waals surface area (Å²) in [4.78, 5) is 14.2. The third-order valence-corrected chi connectivity index (χ3v) is 3.43. The molecule has 0 spiro atoms. The fourth-order valence-corrected chi connectivity index (χ4v) is 1.86. The lowest BCUT2D eigenvalue weighted by atomic mass is 10.0. The molecule has 2 aliphatic carbocycles. The van der Waals surface area contributed by atoms with Crippen LogP contribution in [0.4, 0.5) is 0 Å². The van der Waals surface area contributed by atoms with Crippen LogP contribution in [-0.2, 0) is 4.79 Å². The first-order chi connectivity index (χ1) is 7.09. The quantitative estimate of drug-likeness (QED) is 0.745. The molecule has 0 aromatic heterocycles. The lowest BCUT2D eigenvalue weighted by molar-refractivity contribution is -0.134. The summed E-state index contributed by atoms with van der Waals surface area (Å²) in [6.07, 6.45) is 4.97. The van der Waals surface area contributed by atoms with E-state index in [0.29, 0.717) is 6.04 Å². The van der Waals surface area contributed by atoms with Gasteiger partial charge in [0.25, 0.3) is 0 Å². The molecular formula is C12H22N2O. The Balaban J connectivity index is 1.93. The summed E-state index contributed by atoms with van der Waals surface area (Å²) in [5.74, 6) is 1.20. The number of amides is 1. The van der Waals surface area contributed by atoms with Crippen molar-refractivity contribution in [1.82, 2.24) is 4.90 Å². The Morgan fingerprint density at radius 1 is 1.33 bits per heavy atom. The van der Waals surface area contributed by atoms with Crippen LogP contribution in [0.1, 0.15) is 39.5 Å². The first kappa shape index (κ1) is 10.9. The van der Waals surface area contributed by atoms with Gasteiger partial charge in [-0.05, 0) is 37.5 Å². The van der Waals surface area contributed by atoms with Crippen molar-refractivity contribution in [3.63, 3.8) is 0 Å². The van der Waals surface area contributed by atoms with E-state index in [4.69, 9.17) is 5.73 Å². The zero-order chi connectivity index (χ0) is 11.0. The van der Waals surface area contributed by atoms with Crippen LogP contribution in [0.25, 0.3) is 0 Å². The molecule has 86 valence electrons. The van der Waals surface area contributed by atoms with E-state index in [-0.39, 0.29) is 17.9 Å². The Morgan fingerprint density at radius 2 is 1.93 bits per heavy atom. The van der Waals surface area contributed by atoms with Gasteiger partial charge in [-0.1, -0.05) is 13.8 Å². The van der Waals surface area contributed by atoms with Gasteiger partial charge in [0.1, 0.15) is 0 Å². The van der Waals surface area contributed by atoms with E-state index >= 15 is 0 Å². The fourth-order valence-electron chi connectivity index (χ4n) is 1.86. The van der Waals surface area contributed by atoms with Gasteiger partial charge in [-0.25, -0.2) is 0 Å². The molecule has 0 aromatic carbocycles. The van der Waals surface area contributed by atoms with Crippen molar-refractivity contribution in [1.29, 1.82) is 0 Å². The molecule has 2 saturated carbocycles. The molecule has 0 bridgehead atoms. The Labute approximate surface area is 92.0 Å². The number of carbonyl (C=O) groups excluding carboxylic acids is 1. The highest BCUT2D eigenvalue weighted by molar-refractivity contribution is 5.82. The maximum atomic E-state index is 12.1. The van der Waals surface area contributed by atoms with Gasteiger partial charge in [-0.3, -0.25) is 4.79 Å². The standard InChI is InChI=1S/C12H22N2O/c1-8(2)11(13)12(15)14(10-5-6-10)7-9-3-4-9/h8-11H,3-7,13H2,1-2H3/t11-/m1/s1. The van der Waals surface area contributed by atoms with Crippen LogP contribution in [-0.4, -0.2) is 29.4 Å². The molecule has 0 unspecified atom stereocenters. The normalized spacial score (nSPS) is 22.9. The van der Waals surface area contributed by atoms with Crippen LogP contribution >= 0.6 is 0 Å². The van der Waals surface area contributed by atoms with Gasteiger partial charge in [0.15, 0.2) is 0 Å². The summed E-state index contributed by atoms with van der Waals surface area (Å²) in [7, 11) is 0. The van der Waals surface area contributed by atoms with E-state index in [1.165, 1.54) is 25.7 Å². The average Bonchev–Trinajstić information content (AvgIpc) is 3.00. The molecule has 0 heterocycles. The van der Waals surface area contributed by atoms with Crippen molar-refractivity contribution in [3.05, 3.63) is 0 Å². The highest BCUT2D eigenvalue weighted by Gasteiger charge is 2.38. The van der Waals surface area contributed by atoms with E-state index in [1.807, 2.05) is 13.8 Å². The minimum absolute atomic E-state index is 0.180. The zero-order valence-corrected chi connectivity index (χ0v) is 9.78. The molecule has 3 nitrogen and oxygen atoms in total. The lowest BCUT2D eigenvalue weighted by Gasteiger charge is -2.27. The zero-order valence-electron chi connectivity index (χ0n) is 9.78. The summed E-state index contributed by atoms with van der Waals surface area (Å²) in [5.41, 5.74) is 5.93. The molecule has 2 rings (SSSR count). The summed E-state index contributed by atoms with van der Waals surface area (Å²) >= 11 is 0. The van der Waals surface area contributed by atoms with E-state index in [9.17, 15) is 4.79 Å². The lowest BCUT2D eigenvalue weighted by Crippen LogP contribution is -2.48. The Bertz CT molecular complexity index is 244. The first-order valence-electron chi connectivity index (χ1n) is 6.15. The Hall–Kier alpha value is -0.570. The van der Waals surface area contributed by atoms with E-state index < -0.39 is 0 Å². The van der Waals surface area contributed by atoms with Crippen molar-refractivity contribution in [3.8, 4) is 0 Å². The largest absolute Gasteiger partial charge is 0.338 e. The molecule has 0 radical (unpaired) electrons. The van der Waals surface area contributed by atoms with Gasteiger partial charge in [0, 0.05) is 12.6 Å². The van der Waals surface area contributed by atoms with Gasteiger partial charge in [0.05, 0.1) is 6.04 Å². The maximum absolute atomic E-state index is 12.1. The number of carbonyl (C=O) groups is 1. The molecule has 2 aliphatic rings. The van der Waals surface area contributed by atoms with E-state index in [1.54, 1.807) is 0 Å². The second-order valence-corrected chi connectivity index (χ2v) is 5.43. The van der Waals surface area contributed by atoms with Crippen molar-refractivity contribution < 1.29 is 4.79 Å². The minimum Gasteiger partial charge on any atom is -0.338 e. The molecule has 0 saturated heterocycles. The third kappa shape index (κ3) is 2.71. The van der Waals surface area contributed by atoms with Gasteiger partial charge in [-0.15, -0.1) is 0 Å². The van der Waals surface area contributed by atoms with E-state index in [2.05, 4.69) is 4.90 Å².